The van der Waals surface area contributed by atoms with E-state index in [2.05, 4.69) is 40.4 Å². The maximum Gasteiger partial charge on any atom is 0.0938 e. The summed E-state index contributed by atoms with van der Waals surface area (Å²) in [5.74, 6) is 0.770. The van der Waals surface area contributed by atoms with Crippen molar-refractivity contribution in [2.45, 2.75) is 25.3 Å². The van der Waals surface area contributed by atoms with Crippen molar-refractivity contribution in [2.75, 3.05) is 13.6 Å². The summed E-state index contributed by atoms with van der Waals surface area (Å²) in [6.07, 6.45) is 13.6. The van der Waals surface area contributed by atoms with Gasteiger partial charge < -0.3 is 5.01 Å². The van der Waals surface area contributed by atoms with Crippen LogP contribution >= 0.6 is 11.6 Å². The Morgan fingerprint density at radius 3 is 2.79 bits per heavy atom. The highest BCUT2D eigenvalue weighted by Gasteiger charge is 2.32. The highest BCUT2D eigenvalue weighted by atomic mass is 35.5. The largest absolute Gasteiger partial charge is 0.315 e. The SMILES string of the molecule is CN1C=CC(c2nccnc2-c2cc(Cl)c3ncccc3c2)N1CC1CCC1. The minimum absolute atomic E-state index is 0.0812. The van der Waals surface area contributed by atoms with Gasteiger partial charge in [-0.05, 0) is 43.0 Å². The van der Waals surface area contributed by atoms with Gasteiger partial charge >= 0.3 is 0 Å². The molecule has 1 saturated carbocycles. The Bertz CT molecular complexity index is 1050. The normalized spacial score (nSPS) is 20.1. The molecule has 1 fully saturated rings. The minimum atomic E-state index is 0.0812. The molecule has 5 rings (SSSR count). The molecule has 1 aromatic carbocycles. The summed E-state index contributed by atoms with van der Waals surface area (Å²) in [6, 6.07) is 8.08. The highest BCUT2D eigenvalue weighted by Crippen LogP contribution is 2.38. The zero-order valence-electron chi connectivity index (χ0n) is 15.8. The molecule has 0 saturated heterocycles. The smallest absolute Gasteiger partial charge is 0.0938 e. The zero-order chi connectivity index (χ0) is 19.1. The van der Waals surface area contributed by atoms with Crippen LogP contribution in [0.5, 0.6) is 0 Å². The Kier molecular flexibility index (Phi) is 4.49. The van der Waals surface area contributed by atoms with E-state index < -0.39 is 0 Å². The summed E-state index contributed by atoms with van der Waals surface area (Å²) in [7, 11) is 2.10. The maximum absolute atomic E-state index is 6.53. The third kappa shape index (κ3) is 3.05. The predicted octanol–water partition coefficient (Wildman–Crippen LogP) is 4.86. The van der Waals surface area contributed by atoms with Crippen LogP contribution in [0.25, 0.3) is 22.2 Å². The fourth-order valence-corrected chi connectivity index (χ4v) is 4.35. The maximum atomic E-state index is 6.53. The number of rotatable bonds is 4. The molecule has 1 aliphatic carbocycles. The molecule has 3 heterocycles. The van der Waals surface area contributed by atoms with Crippen LogP contribution < -0.4 is 0 Å². The zero-order valence-corrected chi connectivity index (χ0v) is 16.5. The fraction of sp³-hybridized carbons (Fsp3) is 0.318. The lowest BCUT2D eigenvalue weighted by molar-refractivity contribution is 0.00750. The predicted molar refractivity (Wildman–Crippen MR) is 111 cm³/mol. The molecule has 0 radical (unpaired) electrons. The summed E-state index contributed by atoms with van der Waals surface area (Å²) in [5.41, 5.74) is 3.62. The lowest BCUT2D eigenvalue weighted by Crippen LogP contribution is -2.40. The molecule has 0 bridgehead atoms. The van der Waals surface area contributed by atoms with Crippen molar-refractivity contribution in [1.82, 2.24) is 25.0 Å². The summed E-state index contributed by atoms with van der Waals surface area (Å²) < 4.78 is 0. The molecule has 28 heavy (non-hydrogen) atoms. The van der Waals surface area contributed by atoms with Crippen LogP contribution in [0.4, 0.5) is 0 Å². The molecule has 6 heteroatoms. The van der Waals surface area contributed by atoms with Crippen LogP contribution in [0.1, 0.15) is 31.0 Å². The van der Waals surface area contributed by atoms with Crippen LogP contribution in [0.2, 0.25) is 5.02 Å². The number of hydrogen-bond acceptors (Lipinski definition) is 5. The first-order valence-electron chi connectivity index (χ1n) is 9.74. The summed E-state index contributed by atoms with van der Waals surface area (Å²) in [4.78, 5) is 13.8. The number of fused-ring (bicyclic) bond motifs is 1. The average Bonchev–Trinajstić information content (AvgIpc) is 3.05. The summed E-state index contributed by atoms with van der Waals surface area (Å²) in [6.45, 7) is 1.05. The third-order valence-electron chi connectivity index (χ3n) is 5.82. The van der Waals surface area contributed by atoms with Gasteiger partial charge in [-0.3, -0.25) is 15.0 Å². The molecule has 2 aromatic heterocycles. The number of nitrogens with zero attached hydrogens (tertiary/aromatic N) is 5. The van der Waals surface area contributed by atoms with Gasteiger partial charge in [0.25, 0.3) is 0 Å². The second-order valence-corrected chi connectivity index (χ2v) is 8.01. The van der Waals surface area contributed by atoms with E-state index in [1.807, 2.05) is 18.2 Å². The fourth-order valence-electron chi connectivity index (χ4n) is 4.07. The van der Waals surface area contributed by atoms with E-state index in [1.54, 1.807) is 18.6 Å². The third-order valence-corrected chi connectivity index (χ3v) is 6.11. The van der Waals surface area contributed by atoms with E-state index in [1.165, 1.54) is 19.3 Å². The summed E-state index contributed by atoms with van der Waals surface area (Å²) >= 11 is 6.53. The molecule has 1 unspecified atom stereocenters. The van der Waals surface area contributed by atoms with Crippen molar-refractivity contribution < 1.29 is 0 Å². The quantitative estimate of drug-likeness (QED) is 0.635. The van der Waals surface area contributed by atoms with E-state index in [0.29, 0.717) is 5.02 Å². The topological polar surface area (TPSA) is 45.2 Å². The molecular formula is C22H22ClN5. The number of hydrogen-bond donors (Lipinski definition) is 0. The second-order valence-electron chi connectivity index (χ2n) is 7.60. The number of benzene rings is 1. The number of pyridine rings is 1. The van der Waals surface area contributed by atoms with Gasteiger partial charge in [0.05, 0.1) is 28.0 Å². The molecule has 1 aliphatic heterocycles. The monoisotopic (exact) mass is 391 g/mol. The molecule has 0 N–H and O–H groups in total. The minimum Gasteiger partial charge on any atom is -0.315 e. The van der Waals surface area contributed by atoms with Gasteiger partial charge in [0.2, 0.25) is 0 Å². The molecule has 2 aliphatic rings. The van der Waals surface area contributed by atoms with Gasteiger partial charge in [-0.25, -0.2) is 5.01 Å². The van der Waals surface area contributed by atoms with Crippen LogP contribution in [0.3, 0.4) is 0 Å². The lowest BCUT2D eigenvalue weighted by atomic mass is 9.85. The molecule has 142 valence electrons. The lowest BCUT2D eigenvalue weighted by Gasteiger charge is -2.37. The van der Waals surface area contributed by atoms with E-state index in [0.717, 1.165) is 40.3 Å². The van der Waals surface area contributed by atoms with Crippen molar-refractivity contribution in [3.63, 3.8) is 0 Å². The van der Waals surface area contributed by atoms with Crippen LogP contribution in [-0.2, 0) is 0 Å². The van der Waals surface area contributed by atoms with Crippen molar-refractivity contribution in [3.05, 3.63) is 65.8 Å². The van der Waals surface area contributed by atoms with Crippen molar-refractivity contribution in [2.24, 2.45) is 5.92 Å². The molecular weight excluding hydrogens is 370 g/mol. The van der Waals surface area contributed by atoms with Crippen molar-refractivity contribution >= 4 is 22.5 Å². The molecule has 0 amide bonds. The van der Waals surface area contributed by atoms with E-state index >= 15 is 0 Å². The van der Waals surface area contributed by atoms with Crippen LogP contribution in [0.15, 0.2) is 55.1 Å². The second kappa shape index (κ2) is 7.15. The number of halogens is 1. The van der Waals surface area contributed by atoms with Crippen molar-refractivity contribution in [1.29, 1.82) is 0 Å². The Hall–Kier alpha value is -2.50. The van der Waals surface area contributed by atoms with Gasteiger partial charge in [0.1, 0.15) is 0 Å². The number of aromatic nitrogens is 3. The highest BCUT2D eigenvalue weighted by molar-refractivity contribution is 6.35. The van der Waals surface area contributed by atoms with E-state index in [4.69, 9.17) is 21.6 Å². The van der Waals surface area contributed by atoms with Gasteiger partial charge in [-0.2, -0.15) is 0 Å². The molecule has 3 aromatic rings. The molecule has 5 nitrogen and oxygen atoms in total. The Morgan fingerprint density at radius 2 is 1.96 bits per heavy atom. The van der Waals surface area contributed by atoms with E-state index in [9.17, 15) is 0 Å². The summed E-state index contributed by atoms with van der Waals surface area (Å²) in [5, 5.41) is 6.21. The van der Waals surface area contributed by atoms with E-state index in [-0.39, 0.29) is 6.04 Å². The molecule has 0 spiro atoms. The van der Waals surface area contributed by atoms with Crippen LogP contribution in [-0.4, -0.2) is 38.6 Å². The first kappa shape index (κ1) is 17.6. The Labute approximate surface area is 169 Å². The standard InChI is InChI=1S/C22H22ClN5/c1-27-11-7-19(28(27)14-15-4-2-5-15)22-21(25-9-10-26-22)17-12-16-6-3-8-24-20(16)18(23)13-17/h3,6-13,15,19H,2,4-5,14H2,1H3. The van der Waals surface area contributed by atoms with Gasteiger partial charge in [0.15, 0.2) is 0 Å². The Balaban J connectivity index is 1.57. The van der Waals surface area contributed by atoms with Gasteiger partial charge in [-0.1, -0.05) is 24.1 Å². The number of hydrazine groups is 1. The van der Waals surface area contributed by atoms with Gasteiger partial charge in [-0.15, -0.1) is 0 Å². The first-order valence-corrected chi connectivity index (χ1v) is 10.1. The molecule has 1 atom stereocenters. The van der Waals surface area contributed by atoms with Gasteiger partial charge in [0, 0.05) is 49.3 Å². The first-order chi connectivity index (χ1) is 13.7. The van der Waals surface area contributed by atoms with Crippen molar-refractivity contribution in [3.8, 4) is 11.3 Å². The average molecular weight is 392 g/mol. The Morgan fingerprint density at radius 1 is 1.11 bits per heavy atom. The van der Waals surface area contributed by atoms with Crippen LogP contribution in [0, 0.1) is 5.92 Å².